The molecule has 0 saturated heterocycles. The number of halogens is 7. The monoisotopic (exact) mass is 545 g/mol. The van der Waals surface area contributed by atoms with Crippen molar-refractivity contribution >= 4 is 5.69 Å². The van der Waals surface area contributed by atoms with Gasteiger partial charge < -0.3 is 24.2 Å². The molecule has 12 heteroatoms. The van der Waals surface area contributed by atoms with Crippen LogP contribution in [0, 0.1) is 0 Å². The topological polar surface area (TPSA) is 51.2 Å². The average molecular weight is 545 g/mol. The molecule has 0 radical (unpaired) electrons. The number of nitrogens with zero attached hydrogens (tertiary/aromatic N) is 1. The second kappa shape index (κ2) is 10.6. The van der Waals surface area contributed by atoms with E-state index in [1.807, 2.05) is 0 Å². The van der Waals surface area contributed by atoms with Crippen LogP contribution in [0.25, 0.3) is 11.1 Å². The summed E-state index contributed by atoms with van der Waals surface area (Å²) in [5.41, 5.74) is 1.71. The molecular formula is C26H22F7NO4. The van der Waals surface area contributed by atoms with Gasteiger partial charge in [-0.3, -0.25) is 0 Å². The Bertz CT molecular complexity index is 1270. The summed E-state index contributed by atoms with van der Waals surface area (Å²) in [6, 6.07) is 14.9. The molecule has 0 bridgehead atoms. The largest absolute Gasteiger partial charge is 0.573 e. The summed E-state index contributed by atoms with van der Waals surface area (Å²) < 4.78 is 105. The number of rotatable bonds is 8. The molecule has 1 aliphatic heterocycles. The highest BCUT2D eigenvalue weighted by Gasteiger charge is 2.44. The summed E-state index contributed by atoms with van der Waals surface area (Å²) in [6.45, 7) is 1.56. The van der Waals surface area contributed by atoms with Crippen molar-refractivity contribution < 1.29 is 50.1 Å². The normalized spacial score (nSPS) is 16.6. The fraction of sp³-hybridized carbons (Fsp3) is 0.308. The fourth-order valence-electron chi connectivity index (χ4n) is 4.18. The molecule has 0 fully saturated rings. The summed E-state index contributed by atoms with van der Waals surface area (Å²) in [5, 5.41) is 10.2. The first kappa shape index (κ1) is 27.4. The van der Waals surface area contributed by atoms with Gasteiger partial charge in [0.05, 0.1) is 17.8 Å². The lowest BCUT2D eigenvalue weighted by Crippen LogP contribution is -2.40. The minimum atomic E-state index is -4.87. The van der Waals surface area contributed by atoms with E-state index < -0.39 is 42.5 Å². The molecule has 1 N–H and O–H groups in total. The van der Waals surface area contributed by atoms with Gasteiger partial charge in [-0.05, 0) is 48.4 Å². The molecule has 204 valence electrons. The van der Waals surface area contributed by atoms with Gasteiger partial charge in [-0.2, -0.15) is 17.6 Å². The van der Waals surface area contributed by atoms with Crippen LogP contribution in [0.5, 0.6) is 17.2 Å². The summed E-state index contributed by atoms with van der Waals surface area (Å²) in [7, 11) is 0. The van der Waals surface area contributed by atoms with Crippen LogP contribution in [-0.4, -0.2) is 43.3 Å². The number of ether oxygens (including phenoxy) is 3. The first-order chi connectivity index (χ1) is 17.8. The Labute approximate surface area is 213 Å². The van der Waals surface area contributed by atoms with Crippen molar-refractivity contribution in [3.63, 3.8) is 0 Å². The maximum atomic E-state index is 13.5. The predicted octanol–water partition coefficient (Wildman–Crippen LogP) is 6.81. The molecule has 0 aromatic heterocycles. The number of benzene rings is 3. The van der Waals surface area contributed by atoms with E-state index in [0.717, 1.165) is 12.1 Å². The number of hydrogen-bond donors (Lipinski definition) is 1. The smallest absolute Gasteiger partial charge is 0.488 e. The zero-order valence-electron chi connectivity index (χ0n) is 19.8. The summed E-state index contributed by atoms with van der Waals surface area (Å²) in [4.78, 5) is 1.74. The van der Waals surface area contributed by atoms with Crippen molar-refractivity contribution in [2.45, 2.75) is 38.0 Å². The van der Waals surface area contributed by atoms with Gasteiger partial charge in [0, 0.05) is 12.1 Å². The number of anilines is 1. The standard InChI is InChI=1S/C26H22F7NO4/c1-15(35)13-34-21-10-4-9-20(16-5-2-8-19(11-16)38-26(31,32)33)23(21)36-14-22(34)17-6-3-7-18(12-17)37-25(29,30)24(27)28/h2-12,15,22,24,35H,13-14H2,1H3/t15?,22-/m1/s1. The van der Waals surface area contributed by atoms with E-state index in [-0.39, 0.29) is 13.2 Å². The lowest BCUT2D eigenvalue weighted by Gasteiger charge is -2.40. The summed E-state index contributed by atoms with van der Waals surface area (Å²) in [6.07, 6.45) is -14.4. The molecule has 5 nitrogen and oxygen atoms in total. The quantitative estimate of drug-likeness (QED) is 0.315. The minimum Gasteiger partial charge on any atom is -0.488 e. The van der Waals surface area contributed by atoms with Crippen molar-refractivity contribution in [1.82, 2.24) is 0 Å². The van der Waals surface area contributed by atoms with Crippen LogP contribution in [0.4, 0.5) is 36.4 Å². The number of para-hydroxylation sites is 1. The van der Waals surface area contributed by atoms with E-state index in [9.17, 15) is 35.8 Å². The number of fused-ring (bicyclic) bond motifs is 1. The van der Waals surface area contributed by atoms with Crippen molar-refractivity contribution in [3.8, 4) is 28.4 Å². The number of aliphatic hydroxyl groups excluding tert-OH is 1. The molecule has 0 amide bonds. The number of β-amino-alcohol motifs (C(OH)–C–C–N with tert-alkyl or cyclic N) is 1. The van der Waals surface area contributed by atoms with Gasteiger partial charge in [0.25, 0.3) is 0 Å². The van der Waals surface area contributed by atoms with Gasteiger partial charge in [-0.1, -0.05) is 36.4 Å². The number of aliphatic hydroxyl groups is 1. The van der Waals surface area contributed by atoms with Crippen LogP contribution in [0.3, 0.4) is 0 Å². The molecule has 3 aromatic rings. The van der Waals surface area contributed by atoms with E-state index in [1.54, 1.807) is 35.2 Å². The zero-order valence-corrected chi connectivity index (χ0v) is 19.8. The van der Waals surface area contributed by atoms with Gasteiger partial charge >= 0.3 is 18.9 Å². The van der Waals surface area contributed by atoms with E-state index >= 15 is 0 Å². The van der Waals surface area contributed by atoms with Crippen LogP contribution in [-0.2, 0) is 0 Å². The minimum absolute atomic E-state index is 0.0514. The highest BCUT2D eigenvalue weighted by molar-refractivity contribution is 5.80. The summed E-state index contributed by atoms with van der Waals surface area (Å²) in [5.74, 6) is -0.574. The third-order valence-corrected chi connectivity index (χ3v) is 5.66. The molecule has 0 aliphatic carbocycles. The predicted molar refractivity (Wildman–Crippen MR) is 124 cm³/mol. The van der Waals surface area contributed by atoms with Gasteiger partial charge in [0.2, 0.25) is 0 Å². The van der Waals surface area contributed by atoms with E-state index in [0.29, 0.717) is 28.1 Å². The second-order valence-corrected chi connectivity index (χ2v) is 8.59. The second-order valence-electron chi connectivity index (χ2n) is 8.59. The molecule has 3 aromatic carbocycles. The highest BCUT2D eigenvalue weighted by atomic mass is 19.4. The maximum absolute atomic E-state index is 13.5. The van der Waals surface area contributed by atoms with Crippen molar-refractivity contribution in [2.75, 3.05) is 18.1 Å². The molecule has 38 heavy (non-hydrogen) atoms. The van der Waals surface area contributed by atoms with Gasteiger partial charge in [-0.15, -0.1) is 13.2 Å². The zero-order chi connectivity index (χ0) is 27.7. The van der Waals surface area contributed by atoms with E-state index in [1.165, 1.54) is 31.2 Å². The molecule has 1 heterocycles. The van der Waals surface area contributed by atoms with Crippen molar-refractivity contribution in [3.05, 3.63) is 72.3 Å². The maximum Gasteiger partial charge on any atom is 0.573 e. The lowest BCUT2D eigenvalue weighted by atomic mass is 9.98. The third kappa shape index (κ3) is 6.24. The molecular weight excluding hydrogens is 523 g/mol. The molecule has 1 aliphatic rings. The Kier molecular flexibility index (Phi) is 7.63. The van der Waals surface area contributed by atoms with Crippen LogP contribution in [0.2, 0.25) is 0 Å². The van der Waals surface area contributed by atoms with Gasteiger partial charge in [0.1, 0.15) is 18.1 Å². The Balaban J connectivity index is 1.71. The van der Waals surface area contributed by atoms with E-state index in [2.05, 4.69) is 9.47 Å². The Morgan fingerprint density at radius 3 is 2.26 bits per heavy atom. The number of alkyl halides is 7. The molecule has 1 unspecified atom stereocenters. The first-order valence-corrected chi connectivity index (χ1v) is 11.4. The van der Waals surface area contributed by atoms with Gasteiger partial charge in [0.15, 0.2) is 5.75 Å². The van der Waals surface area contributed by atoms with Crippen molar-refractivity contribution in [1.29, 1.82) is 0 Å². The molecule has 2 atom stereocenters. The highest BCUT2D eigenvalue weighted by Crippen LogP contribution is 2.46. The third-order valence-electron chi connectivity index (χ3n) is 5.66. The van der Waals surface area contributed by atoms with E-state index in [4.69, 9.17) is 4.74 Å². The fourth-order valence-corrected chi connectivity index (χ4v) is 4.18. The van der Waals surface area contributed by atoms with Crippen LogP contribution in [0.1, 0.15) is 18.5 Å². The molecule has 0 saturated carbocycles. The Morgan fingerprint density at radius 1 is 0.947 bits per heavy atom. The van der Waals surface area contributed by atoms with Crippen LogP contribution in [0.15, 0.2) is 66.7 Å². The SMILES string of the molecule is CC(O)CN1c2cccc(-c3cccc(OC(F)(F)F)c3)c2OC[C@@H]1c1cccc(OC(F)(F)C(F)F)c1. The van der Waals surface area contributed by atoms with Gasteiger partial charge in [-0.25, -0.2) is 0 Å². The Hall–Kier alpha value is -3.67. The summed E-state index contributed by atoms with van der Waals surface area (Å²) >= 11 is 0. The number of hydrogen-bond acceptors (Lipinski definition) is 5. The lowest BCUT2D eigenvalue weighted by molar-refractivity contribution is -0.274. The average Bonchev–Trinajstić information content (AvgIpc) is 2.82. The first-order valence-electron chi connectivity index (χ1n) is 11.4. The van der Waals surface area contributed by atoms with Crippen molar-refractivity contribution in [2.24, 2.45) is 0 Å². The van der Waals surface area contributed by atoms with Crippen LogP contribution >= 0.6 is 0 Å². The van der Waals surface area contributed by atoms with Crippen LogP contribution < -0.4 is 19.1 Å². The Morgan fingerprint density at radius 2 is 1.61 bits per heavy atom. The molecule has 4 rings (SSSR count). The molecule has 0 spiro atoms.